The molecule has 0 bridgehead atoms. The largest absolute Gasteiger partial charge is 0.487 e. The van der Waals surface area contributed by atoms with Gasteiger partial charge in [0.15, 0.2) is 0 Å². The Balaban J connectivity index is 1.98. The van der Waals surface area contributed by atoms with E-state index in [2.05, 4.69) is 31.1 Å². The molecule has 2 N–H and O–H groups in total. The molecule has 0 saturated carbocycles. The minimum atomic E-state index is -0.0957. The molecule has 4 nitrogen and oxygen atoms in total. The predicted molar refractivity (Wildman–Crippen MR) is 99.8 cm³/mol. The highest BCUT2D eigenvalue weighted by Gasteiger charge is 2.10. The average molecular weight is 324 g/mol. The van der Waals surface area contributed by atoms with Gasteiger partial charge in [0.05, 0.1) is 12.2 Å². The van der Waals surface area contributed by atoms with Crippen LogP contribution in [0.15, 0.2) is 61.2 Å². The van der Waals surface area contributed by atoms with Crippen molar-refractivity contribution < 1.29 is 9.53 Å². The molecule has 0 spiro atoms. The van der Waals surface area contributed by atoms with Crippen molar-refractivity contribution in [3.8, 4) is 5.75 Å². The Morgan fingerprint density at radius 1 is 1.12 bits per heavy atom. The molecule has 4 heteroatoms. The minimum Gasteiger partial charge on any atom is -0.487 e. The van der Waals surface area contributed by atoms with Crippen LogP contribution in [0.4, 0.5) is 11.4 Å². The first-order valence-corrected chi connectivity index (χ1v) is 8.07. The number of hydrogen-bond donors (Lipinski definition) is 2. The van der Waals surface area contributed by atoms with E-state index in [0.717, 1.165) is 16.9 Å². The van der Waals surface area contributed by atoms with Crippen LogP contribution in [0.2, 0.25) is 0 Å². The van der Waals surface area contributed by atoms with Crippen LogP contribution in [0.3, 0.4) is 0 Å². The molecule has 126 valence electrons. The molecule has 0 unspecified atom stereocenters. The van der Waals surface area contributed by atoms with Crippen LogP contribution in [-0.2, 0) is 4.79 Å². The normalized spacial score (nSPS) is 10.3. The van der Waals surface area contributed by atoms with E-state index >= 15 is 0 Å². The summed E-state index contributed by atoms with van der Waals surface area (Å²) in [6.45, 7) is 8.45. The highest BCUT2D eigenvalue weighted by atomic mass is 16.5. The molecule has 0 atom stereocenters. The zero-order valence-electron chi connectivity index (χ0n) is 14.2. The lowest BCUT2D eigenvalue weighted by molar-refractivity contribution is -0.114. The number of hydrogen-bond acceptors (Lipinski definition) is 3. The van der Waals surface area contributed by atoms with E-state index in [1.54, 1.807) is 6.08 Å². The number of rotatable bonds is 8. The van der Waals surface area contributed by atoms with E-state index in [1.807, 2.05) is 48.5 Å². The minimum absolute atomic E-state index is 0.0957. The van der Waals surface area contributed by atoms with Gasteiger partial charge in [-0.15, -0.1) is 0 Å². The topological polar surface area (TPSA) is 50.4 Å². The fourth-order valence-electron chi connectivity index (χ4n) is 2.37. The van der Waals surface area contributed by atoms with Crippen molar-refractivity contribution in [3.63, 3.8) is 0 Å². The summed E-state index contributed by atoms with van der Waals surface area (Å²) >= 11 is 0. The Labute approximate surface area is 143 Å². The van der Waals surface area contributed by atoms with Gasteiger partial charge in [0.2, 0.25) is 5.91 Å². The second kappa shape index (κ2) is 8.77. The molecule has 0 aromatic heterocycles. The molecule has 0 aliphatic heterocycles. The third kappa shape index (κ3) is 4.88. The number of anilines is 2. The number of nitrogens with one attached hydrogen (secondary N) is 2. The van der Waals surface area contributed by atoms with E-state index in [1.165, 1.54) is 0 Å². The van der Waals surface area contributed by atoms with Crippen LogP contribution in [0, 0.1) is 0 Å². The lowest BCUT2D eigenvalue weighted by Crippen LogP contribution is -2.22. The highest BCUT2D eigenvalue weighted by molar-refractivity contribution is 5.94. The second-order valence-corrected chi connectivity index (χ2v) is 5.74. The number of ether oxygens (including phenoxy) is 1. The van der Waals surface area contributed by atoms with Crippen molar-refractivity contribution in [2.75, 3.05) is 23.8 Å². The second-order valence-electron chi connectivity index (χ2n) is 5.74. The molecule has 0 heterocycles. The van der Waals surface area contributed by atoms with E-state index in [4.69, 9.17) is 4.74 Å². The molecule has 0 radical (unpaired) electrons. The maximum absolute atomic E-state index is 12.3. The summed E-state index contributed by atoms with van der Waals surface area (Å²) in [6, 6.07) is 15.4. The molecule has 24 heavy (non-hydrogen) atoms. The summed E-state index contributed by atoms with van der Waals surface area (Å²) in [5.74, 6) is 0.955. The monoisotopic (exact) mass is 324 g/mol. The molecule has 0 aliphatic carbocycles. The molecule has 1 amide bonds. The van der Waals surface area contributed by atoms with E-state index in [9.17, 15) is 4.79 Å². The van der Waals surface area contributed by atoms with Gasteiger partial charge in [0, 0.05) is 5.69 Å². The van der Waals surface area contributed by atoms with Gasteiger partial charge in [-0.05, 0) is 29.7 Å². The Hall–Kier alpha value is -2.75. The first-order chi connectivity index (χ1) is 11.6. The van der Waals surface area contributed by atoms with Gasteiger partial charge in [0.1, 0.15) is 12.4 Å². The smallest absolute Gasteiger partial charge is 0.243 e. The van der Waals surface area contributed by atoms with Crippen LogP contribution in [0.5, 0.6) is 5.75 Å². The average Bonchev–Trinajstić information content (AvgIpc) is 2.59. The number of carbonyl (C=O) groups excluding carboxylic acids is 1. The summed E-state index contributed by atoms with van der Waals surface area (Å²) in [6.07, 6.45) is 1.69. The van der Waals surface area contributed by atoms with Crippen molar-refractivity contribution in [2.45, 2.75) is 19.8 Å². The van der Waals surface area contributed by atoms with E-state index in [-0.39, 0.29) is 12.5 Å². The van der Waals surface area contributed by atoms with Crippen molar-refractivity contribution in [1.82, 2.24) is 0 Å². The Morgan fingerprint density at radius 2 is 1.79 bits per heavy atom. The van der Waals surface area contributed by atoms with Crippen LogP contribution in [-0.4, -0.2) is 19.1 Å². The van der Waals surface area contributed by atoms with Gasteiger partial charge >= 0.3 is 0 Å². The van der Waals surface area contributed by atoms with Gasteiger partial charge in [-0.25, -0.2) is 0 Å². The van der Waals surface area contributed by atoms with Crippen LogP contribution in [0.1, 0.15) is 25.3 Å². The van der Waals surface area contributed by atoms with Gasteiger partial charge in [-0.2, -0.15) is 0 Å². The quantitative estimate of drug-likeness (QED) is 0.707. The van der Waals surface area contributed by atoms with Gasteiger partial charge in [0.25, 0.3) is 0 Å². The number of benzene rings is 2. The Bertz CT molecular complexity index is 696. The van der Waals surface area contributed by atoms with Crippen molar-refractivity contribution in [3.05, 3.63) is 66.7 Å². The lowest BCUT2D eigenvalue weighted by Gasteiger charge is -2.15. The van der Waals surface area contributed by atoms with Crippen molar-refractivity contribution >= 4 is 17.3 Å². The van der Waals surface area contributed by atoms with Crippen LogP contribution < -0.4 is 15.4 Å². The van der Waals surface area contributed by atoms with Crippen molar-refractivity contribution in [2.24, 2.45) is 0 Å². The lowest BCUT2D eigenvalue weighted by atomic mass is 10.0. The maximum Gasteiger partial charge on any atom is 0.243 e. The van der Waals surface area contributed by atoms with Crippen LogP contribution >= 0.6 is 0 Å². The summed E-state index contributed by atoms with van der Waals surface area (Å²) in [7, 11) is 0. The van der Waals surface area contributed by atoms with Crippen LogP contribution in [0.25, 0.3) is 0 Å². The van der Waals surface area contributed by atoms with E-state index in [0.29, 0.717) is 18.3 Å². The number of para-hydroxylation sites is 3. The molecule has 0 fully saturated rings. The third-order valence-electron chi connectivity index (χ3n) is 3.54. The van der Waals surface area contributed by atoms with Gasteiger partial charge in [-0.3, -0.25) is 4.79 Å². The molecule has 0 saturated heterocycles. The van der Waals surface area contributed by atoms with E-state index < -0.39 is 0 Å². The third-order valence-corrected chi connectivity index (χ3v) is 3.54. The zero-order valence-corrected chi connectivity index (χ0v) is 14.2. The first-order valence-electron chi connectivity index (χ1n) is 8.07. The summed E-state index contributed by atoms with van der Waals surface area (Å²) in [4.78, 5) is 12.3. The molecule has 2 aromatic carbocycles. The van der Waals surface area contributed by atoms with Gasteiger partial charge < -0.3 is 15.4 Å². The molecule has 2 rings (SSSR count). The Morgan fingerprint density at radius 3 is 2.50 bits per heavy atom. The summed E-state index contributed by atoms with van der Waals surface area (Å²) in [5.41, 5.74) is 2.77. The zero-order chi connectivity index (χ0) is 17.4. The van der Waals surface area contributed by atoms with Crippen molar-refractivity contribution in [1.29, 1.82) is 0 Å². The molecule has 0 aliphatic rings. The predicted octanol–water partition coefficient (Wildman–Crippen LogP) is 4.43. The fourth-order valence-corrected chi connectivity index (χ4v) is 2.37. The fraction of sp³-hybridized carbons (Fsp3) is 0.250. The maximum atomic E-state index is 12.3. The highest BCUT2D eigenvalue weighted by Crippen LogP contribution is 2.25. The SMILES string of the molecule is C=CCOc1ccccc1NCC(=O)Nc1ccccc1C(C)C. The van der Waals surface area contributed by atoms with Gasteiger partial charge in [-0.1, -0.05) is 56.8 Å². The standard InChI is InChI=1S/C20H24N2O2/c1-4-13-24-19-12-8-7-11-18(19)21-14-20(23)22-17-10-6-5-9-16(17)15(2)3/h4-12,15,21H,1,13-14H2,2-3H3,(H,22,23). The number of carbonyl (C=O) groups is 1. The first kappa shape index (κ1) is 17.6. The summed E-state index contributed by atoms with van der Waals surface area (Å²) < 4.78 is 5.58. The molecular weight excluding hydrogens is 300 g/mol. The number of amides is 1. The molecular formula is C20H24N2O2. The molecule has 2 aromatic rings. The summed E-state index contributed by atoms with van der Waals surface area (Å²) in [5, 5.41) is 6.09. The Kier molecular flexibility index (Phi) is 6.43.